The highest BCUT2D eigenvalue weighted by molar-refractivity contribution is 7.12. The van der Waals surface area contributed by atoms with Gasteiger partial charge >= 0.3 is 6.18 Å². The minimum Gasteiger partial charge on any atom is -0.489 e. The average Bonchev–Trinajstić information content (AvgIpc) is 2.86. The zero-order valence-corrected chi connectivity index (χ0v) is 14.8. The number of nitrogens with one attached hydrogen (secondary N) is 1. The van der Waals surface area contributed by atoms with Crippen molar-refractivity contribution in [1.29, 1.82) is 0 Å². The summed E-state index contributed by atoms with van der Waals surface area (Å²) in [4.78, 5) is 14.2. The number of rotatable bonds is 6. The highest BCUT2D eigenvalue weighted by atomic mass is 32.1. The Kier molecular flexibility index (Phi) is 6.07. The summed E-state index contributed by atoms with van der Waals surface area (Å²) in [6.07, 6.45) is -4.51. The maximum Gasteiger partial charge on any atom is 0.416 e. The van der Waals surface area contributed by atoms with Gasteiger partial charge in [-0.25, -0.2) is 0 Å². The molecule has 8 heteroatoms. The van der Waals surface area contributed by atoms with E-state index in [1.54, 1.807) is 13.0 Å². The van der Waals surface area contributed by atoms with E-state index in [1.165, 1.54) is 24.5 Å². The molecule has 0 atom stereocenters. The standard InChI is InChI=1S/C17H18F3NO3S/c1-10-8-13(11(2)25-10)16(22)21-14-9-12(17(18,19)20)4-5-15(14)24-7-6-23-3/h4-5,8-9H,6-7H2,1-3H3,(H,21,22). The van der Waals surface area contributed by atoms with Gasteiger partial charge in [-0.15, -0.1) is 11.3 Å². The summed E-state index contributed by atoms with van der Waals surface area (Å²) in [6, 6.07) is 4.68. The van der Waals surface area contributed by atoms with Crippen molar-refractivity contribution in [2.45, 2.75) is 20.0 Å². The van der Waals surface area contributed by atoms with E-state index in [2.05, 4.69) is 5.32 Å². The number of anilines is 1. The van der Waals surface area contributed by atoms with Crippen LogP contribution in [0.25, 0.3) is 0 Å². The Labute approximate surface area is 147 Å². The SMILES string of the molecule is COCCOc1ccc(C(F)(F)F)cc1NC(=O)c1cc(C)sc1C. The number of amides is 1. The summed E-state index contributed by atoms with van der Waals surface area (Å²) in [6.45, 7) is 4.07. The van der Waals surface area contributed by atoms with Gasteiger partial charge in [0.1, 0.15) is 12.4 Å². The van der Waals surface area contributed by atoms with Crippen LogP contribution < -0.4 is 10.1 Å². The van der Waals surface area contributed by atoms with Crippen LogP contribution in [0.5, 0.6) is 5.75 Å². The highest BCUT2D eigenvalue weighted by Crippen LogP contribution is 2.35. The number of thiophene rings is 1. The van der Waals surface area contributed by atoms with E-state index in [9.17, 15) is 18.0 Å². The van der Waals surface area contributed by atoms with Crippen LogP contribution in [0.2, 0.25) is 0 Å². The smallest absolute Gasteiger partial charge is 0.416 e. The van der Waals surface area contributed by atoms with Crippen LogP contribution in [0.1, 0.15) is 25.7 Å². The van der Waals surface area contributed by atoms with E-state index in [0.29, 0.717) is 5.56 Å². The molecule has 0 bridgehead atoms. The van der Waals surface area contributed by atoms with Crippen LogP contribution in [-0.4, -0.2) is 26.2 Å². The predicted molar refractivity (Wildman–Crippen MR) is 90.6 cm³/mol. The van der Waals surface area contributed by atoms with Gasteiger partial charge in [0.25, 0.3) is 5.91 Å². The first-order valence-electron chi connectivity index (χ1n) is 7.43. The largest absolute Gasteiger partial charge is 0.489 e. The van der Waals surface area contributed by atoms with E-state index in [1.807, 2.05) is 6.92 Å². The number of benzene rings is 1. The molecule has 0 fully saturated rings. The van der Waals surface area contributed by atoms with Gasteiger partial charge in [-0.2, -0.15) is 13.2 Å². The van der Waals surface area contributed by atoms with Crippen molar-refractivity contribution < 1.29 is 27.4 Å². The fourth-order valence-corrected chi connectivity index (χ4v) is 3.13. The molecule has 0 aliphatic rings. The van der Waals surface area contributed by atoms with Crippen LogP contribution in [-0.2, 0) is 10.9 Å². The maximum absolute atomic E-state index is 13.0. The molecule has 2 aromatic rings. The number of alkyl halides is 3. The molecule has 0 spiro atoms. The van der Waals surface area contributed by atoms with Gasteiger partial charge in [0.2, 0.25) is 0 Å². The van der Waals surface area contributed by atoms with Crippen molar-refractivity contribution in [2.24, 2.45) is 0 Å². The third-order valence-electron chi connectivity index (χ3n) is 3.39. The van der Waals surface area contributed by atoms with Crippen LogP contribution in [0.15, 0.2) is 24.3 Å². The number of ether oxygens (including phenoxy) is 2. The van der Waals surface area contributed by atoms with Crippen molar-refractivity contribution in [1.82, 2.24) is 0 Å². The molecular formula is C17H18F3NO3S. The summed E-state index contributed by atoms with van der Waals surface area (Å²) in [5.74, 6) is -0.319. The summed E-state index contributed by atoms with van der Waals surface area (Å²) in [7, 11) is 1.49. The molecule has 1 aromatic heterocycles. The second kappa shape index (κ2) is 7.88. The van der Waals surface area contributed by atoms with E-state index in [-0.39, 0.29) is 24.7 Å². The lowest BCUT2D eigenvalue weighted by atomic mass is 10.1. The molecule has 1 aromatic carbocycles. The molecule has 4 nitrogen and oxygen atoms in total. The first-order valence-corrected chi connectivity index (χ1v) is 8.25. The minimum atomic E-state index is -4.51. The lowest BCUT2D eigenvalue weighted by Crippen LogP contribution is -2.15. The van der Waals surface area contributed by atoms with Crippen molar-refractivity contribution in [3.63, 3.8) is 0 Å². The summed E-state index contributed by atoms with van der Waals surface area (Å²) < 4.78 is 49.2. The fraction of sp³-hybridized carbons (Fsp3) is 0.353. The van der Waals surface area contributed by atoms with Gasteiger partial charge in [0.15, 0.2) is 0 Å². The Balaban J connectivity index is 2.31. The highest BCUT2D eigenvalue weighted by Gasteiger charge is 2.31. The second-order valence-electron chi connectivity index (χ2n) is 5.33. The Morgan fingerprint density at radius 3 is 2.48 bits per heavy atom. The Hall–Kier alpha value is -2.06. The number of carbonyl (C=O) groups excluding carboxylic acids is 1. The van der Waals surface area contributed by atoms with Crippen molar-refractivity contribution in [3.8, 4) is 5.75 Å². The van der Waals surface area contributed by atoms with Gasteiger partial charge in [-0.3, -0.25) is 4.79 Å². The summed E-state index contributed by atoms with van der Waals surface area (Å²) in [5.41, 5.74) is -0.456. The number of halogens is 3. The second-order valence-corrected chi connectivity index (χ2v) is 6.79. The molecule has 25 heavy (non-hydrogen) atoms. The number of hydrogen-bond donors (Lipinski definition) is 1. The van der Waals surface area contributed by atoms with Crippen LogP contribution >= 0.6 is 11.3 Å². The number of carbonyl (C=O) groups is 1. The Morgan fingerprint density at radius 2 is 1.92 bits per heavy atom. The first kappa shape index (κ1) is 19.3. The number of aryl methyl sites for hydroxylation is 2. The van der Waals surface area contributed by atoms with E-state index in [4.69, 9.17) is 9.47 Å². The van der Waals surface area contributed by atoms with Gasteiger partial charge in [-0.05, 0) is 38.1 Å². The normalized spacial score (nSPS) is 11.4. The molecule has 0 aliphatic carbocycles. The maximum atomic E-state index is 13.0. The first-order chi connectivity index (χ1) is 11.7. The van der Waals surface area contributed by atoms with Crippen molar-refractivity contribution in [2.75, 3.05) is 25.6 Å². The molecule has 1 N–H and O–H groups in total. The molecule has 0 aliphatic heterocycles. The van der Waals surface area contributed by atoms with Crippen molar-refractivity contribution >= 4 is 22.9 Å². The molecular weight excluding hydrogens is 355 g/mol. The van der Waals surface area contributed by atoms with Gasteiger partial charge < -0.3 is 14.8 Å². The lowest BCUT2D eigenvalue weighted by molar-refractivity contribution is -0.137. The Morgan fingerprint density at radius 1 is 1.20 bits per heavy atom. The van der Waals surface area contributed by atoms with Crippen molar-refractivity contribution in [3.05, 3.63) is 45.1 Å². The molecule has 0 radical (unpaired) electrons. The monoisotopic (exact) mass is 373 g/mol. The van der Waals surface area contributed by atoms with E-state index < -0.39 is 17.6 Å². The summed E-state index contributed by atoms with van der Waals surface area (Å²) >= 11 is 1.45. The third-order valence-corrected chi connectivity index (χ3v) is 4.35. The van der Waals surface area contributed by atoms with Gasteiger partial charge in [0, 0.05) is 16.9 Å². The fourth-order valence-electron chi connectivity index (χ4n) is 2.21. The van der Waals surface area contributed by atoms with Crippen LogP contribution in [0, 0.1) is 13.8 Å². The number of methoxy groups -OCH3 is 1. The van der Waals surface area contributed by atoms with Crippen LogP contribution in [0.4, 0.5) is 18.9 Å². The molecule has 1 heterocycles. The van der Waals surface area contributed by atoms with Crippen LogP contribution in [0.3, 0.4) is 0 Å². The van der Waals surface area contributed by atoms with E-state index in [0.717, 1.165) is 21.9 Å². The third kappa shape index (κ3) is 4.96. The van der Waals surface area contributed by atoms with Gasteiger partial charge in [-0.1, -0.05) is 0 Å². The zero-order chi connectivity index (χ0) is 18.6. The Bertz CT molecular complexity index is 756. The molecule has 2 rings (SSSR count). The quantitative estimate of drug-likeness (QED) is 0.749. The molecule has 1 amide bonds. The number of hydrogen-bond acceptors (Lipinski definition) is 4. The lowest BCUT2D eigenvalue weighted by Gasteiger charge is -2.15. The topological polar surface area (TPSA) is 47.6 Å². The molecule has 0 saturated heterocycles. The molecule has 136 valence electrons. The predicted octanol–water partition coefficient (Wildman–Crippen LogP) is 4.66. The van der Waals surface area contributed by atoms with Gasteiger partial charge in [0.05, 0.1) is 23.4 Å². The van der Waals surface area contributed by atoms with E-state index >= 15 is 0 Å². The zero-order valence-electron chi connectivity index (χ0n) is 14.0. The average molecular weight is 373 g/mol. The molecule has 0 saturated carbocycles. The minimum absolute atomic E-state index is 0.0285. The summed E-state index contributed by atoms with van der Waals surface area (Å²) in [5, 5.41) is 2.52. The molecule has 0 unspecified atom stereocenters.